The fraction of sp³-hybridized carbons (Fsp3) is 0.917. The van der Waals surface area contributed by atoms with E-state index in [9.17, 15) is 4.79 Å². The molecule has 2 N–H and O–H groups in total. The Labute approximate surface area is 103 Å². The number of hydrogen-bond acceptors (Lipinski definition) is 5. The molecule has 5 nitrogen and oxygen atoms in total. The lowest BCUT2D eigenvalue weighted by molar-refractivity contribution is -0.194. The van der Waals surface area contributed by atoms with Crippen LogP contribution in [-0.2, 0) is 19.1 Å². The van der Waals surface area contributed by atoms with E-state index in [2.05, 4.69) is 0 Å². The summed E-state index contributed by atoms with van der Waals surface area (Å²) in [4.78, 5) is 17.1. The number of nitrogens with two attached hydrogens (primary N) is 1. The summed E-state index contributed by atoms with van der Waals surface area (Å²) in [5, 5.41) is 0. The van der Waals surface area contributed by atoms with Gasteiger partial charge in [-0.3, -0.25) is 4.84 Å². The van der Waals surface area contributed by atoms with Crippen molar-refractivity contribution in [3.8, 4) is 0 Å². The van der Waals surface area contributed by atoms with Gasteiger partial charge in [-0.25, -0.2) is 10.7 Å². The number of carbonyl (C=O) groups excluding carboxylic acids is 1. The highest BCUT2D eigenvalue weighted by atomic mass is 16.7. The lowest BCUT2D eigenvalue weighted by Gasteiger charge is -2.32. The molecule has 100 valence electrons. The van der Waals surface area contributed by atoms with E-state index in [0.29, 0.717) is 12.3 Å². The Morgan fingerprint density at radius 3 is 2.29 bits per heavy atom. The van der Waals surface area contributed by atoms with E-state index in [-0.39, 0.29) is 6.61 Å². The van der Waals surface area contributed by atoms with Gasteiger partial charge in [0.05, 0.1) is 6.61 Å². The van der Waals surface area contributed by atoms with Gasteiger partial charge in [-0.1, -0.05) is 12.8 Å². The molecule has 0 saturated heterocycles. The third-order valence-electron chi connectivity index (χ3n) is 2.69. The maximum Gasteiger partial charge on any atom is 0.343 e. The first-order valence-electron chi connectivity index (χ1n) is 5.93. The fourth-order valence-corrected chi connectivity index (χ4v) is 1.72. The minimum atomic E-state index is -1.16. The zero-order chi connectivity index (χ0) is 13.1. The molecule has 0 amide bonds. The van der Waals surface area contributed by atoms with Crippen LogP contribution < -0.4 is 5.90 Å². The number of rotatable bonds is 6. The van der Waals surface area contributed by atoms with E-state index < -0.39 is 17.2 Å². The van der Waals surface area contributed by atoms with Gasteiger partial charge in [-0.15, -0.1) is 0 Å². The lowest BCUT2D eigenvalue weighted by atomic mass is 9.97. The molecule has 0 aromatic carbocycles. The van der Waals surface area contributed by atoms with Crippen LogP contribution in [0, 0.1) is 5.92 Å². The third-order valence-corrected chi connectivity index (χ3v) is 2.69. The highest BCUT2D eigenvalue weighted by Gasteiger charge is 2.47. The van der Waals surface area contributed by atoms with Crippen molar-refractivity contribution in [3.05, 3.63) is 0 Å². The topological polar surface area (TPSA) is 70.8 Å². The molecule has 1 unspecified atom stereocenters. The van der Waals surface area contributed by atoms with Gasteiger partial charge in [0.1, 0.15) is 5.60 Å². The van der Waals surface area contributed by atoms with Gasteiger partial charge in [0, 0.05) is 7.11 Å². The summed E-state index contributed by atoms with van der Waals surface area (Å²) in [6.07, 6.45) is 2.78. The van der Waals surface area contributed by atoms with Gasteiger partial charge in [0.15, 0.2) is 0 Å². The molecule has 1 fully saturated rings. The molecule has 0 aromatic heterocycles. The summed E-state index contributed by atoms with van der Waals surface area (Å²) < 4.78 is 10.4. The monoisotopic (exact) mass is 245 g/mol. The molecule has 0 aromatic rings. The van der Waals surface area contributed by atoms with Crippen molar-refractivity contribution in [1.82, 2.24) is 0 Å². The highest BCUT2D eigenvalue weighted by Crippen LogP contribution is 2.38. The number of esters is 1. The van der Waals surface area contributed by atoms with Crippen LogP contribution in [0.3, 0.4) is 0 Å². The molecule has 1 atom stereocenters. The number of ether oxygens (including phenoxy) is 2. The second-order valence-corrected chi connectivity index (χ2v) is 5.69. The quantitative estimate of drug-likeness (QED) is 0.566. The van der Waals surface area contributed by atoms with Crippen LogP contribution in [0.25, 0.3) is 0 Å². The summed E-state index contributed by atoms with van der Waals surface area (Å²) in [7, 11) is 1.52. The molecule has 1 saturated carbocycles. The van der Waals surface area contributed by atoms with Gasteiger partial charge in [0.2, 0.25) is 5.60 Å². The predicted molar refractivity (Wildman–Crippen MR) is 63.1 cm³/mol. The number of hydrogen-bond donors (Lipinski definition) is 1. The van der Waals surface area contributed by atoms with Crippen LogP contribution in [0.5, 0.6) is 0 Å². The summed E-state index contributed by atoms with van der Waals surface area (Å²) in [5.41, 5.74) is -1.72. The molecule has 0 spiro atoms. The average Bonchev–Trinajstić information content (AvgIpc) is 2.98. The zero-order valence-corrected chi connectivity index (χ0v) is 11.1. The Morgan fingerprint density at radius 1 is 1.35 bits per heavy atom. The van der Waals surface area contributed by atoms with Crippen LogP contribution in [0.1, 0.15) is 40.0 Å². The maximum absolute atomic E-state index is 12.2. The molecule has 0 aliphatic heterocycles. The molecule has 1 aliphatic rings. The maximum atomic E-state index is 12.2. The SMILES string of the molecule is COCC(CC1CC1)(ON)C(=O)OC(C)(C)C. The van der Waals surface area contributed by atoms with E-state index in [1.54, 1.807) is 0 Å². The zero-order valence-electron chi connectivity index (χ0n) is 11.1. The second kappa shape index (κ2) is 5.33. The molecule has 17 heavy (non-hydrogen) atoms. The Balaban J connectivity index is 2.74. The normalized spacial score (nSPS) is 19.8. The van der Waals surface area contributed by atoms with Crippen LogP contribution in [0.4, 0.5) is 0 Å². The summed E-state index contributed by atoms with van der Waals surface area (Å²) in [5.74, 6) is 5.35. The fourth-order valence-electron chi connectivity index (χ4n) is 1.72. The Bertz CT molecular complexity index is 270. The third kappa shape index (κ3) is 4.26. The van der Waals surface area contributed by atoms with Crippen molar-refractivity contribution in [1.29, 1.82) is 0 Å². The van der Waals surface area contributed by atoms with E-state index in [1.165, 1.54) is 7.11 Å². The average molecular weight is 245 g/mol. The van der Waals surface area contributed by atoms with Crippen molar-refractivity contribution in [2.75, 3.05) is 13.7 Å². The minimum absolute atomic E-state index is 0.120. The highest BCUT2D eigenvalue weighted by molar-refractivity contribution is 5.80. The standard InChI is InChI=1S/C12H23NO4/c1-11(2,3)16-10(14)12(17-13,8-15-4)7-9-5-6-9/h9H,5-8,13H2,1-4H3. The number of carbonyl (C=O) groups is 1. The van der Waals surface area contributed by atoms with Crippen LogP contribution in [-0.4, -0.2) is 30.9 Å². The Hall–Kier alpha value is -0.650. The first-order valence-corrected chi connectivity index (χ1v) is 5.93. The van der Waals surface area contributed by atoms with Gasteiger partial charge in [-0.05, 0) is 33.1 Å². The molecule has 5 heteroatoms. The van der Waals surface area contributed by atoms with Crippen LogP contribution in [0.2, 0.25) is 0 Å². The van der Waals surface area contributed by atoms with E-state index in [4.69, 9.17) is 20.2 Å². The predicted octanol–water partition coefficient (Wildman–Crippen LogP) is 1.40. The van der Waals surface area contributed by atoms with Crippen LogP contribution in [0.15, 0.2) is 0 Å². The lowest BCUT2D eigenvalue weighted by Crippen LogP contribution is -2.51. The summed E-state index contributed by atoms with van der Waals surface area (Å²) in [6, 6.07) is 0. The van der Waals surface area contributed by atoms with Crippen molar-refractivity contribution < 1.29 is 19.1 Å². The van der Waals surface area contributed by atoms with Crippen molar-refractivity contribution in [2.24, 2.45) is 11.8 Å². The second-order valence-electron chi connectivity index (χ2n) is 5.69. The van der Waals surface area contributed by atoms with Crippen molar-refractivity contribution in [2.45, 2.75) is 51.2 Å². The van der Waals surface area contributed by atoms with Gasteiger partial charge in [0.25, 0.3) is 0 Å². The van der Waals surface area contributed by atoms with E-state index in [0.717, 1.165) is 12.8 Å². The molecular weight excluding hydrogens is 222 g/mol. The molecule has 0 bridgehead atoms. The molecule has 1 aliphatic carbocycles. The number of methoxy groups -OCH3 is 1. The Morgan fingerprint density at radius 2 is 1.94 bits per heavy atom. The first-order chi connectivity index (χ1) is 7.83. The van der Waals surface area contributed by atoms with E-state index >= 15 is 0 Å². The largest absolute Gasteiger partial charge is 0.458 e. The Kier molecular flexibility index (Phi) is 4.52. The van der Waals surface area contributed by atoms with Crippen molar-refractivity contribution >= 4 is 5.97 Å². The van der Waals surface area contributed by atoms with E-state index in [1.807, 2.05) is 20.8 Å². The smallest absolute Gasteiger partial charge is 0.343 e. The van der Waals surface area contributed by atoms with Crippen LogP contribution >= 0.6 is 0 Å². The minimum Gasteiger partial charge on any atom is -0.458 e. The van der Waals surface area contributed by atoms with Gasteiger partial charge in [-0.2, -0.15) is 0 Å². The molecule has 0 heterocycles. The van der Waals surface area contributed by atoms with Gasteiger partial charge < -0.3 is 9.47 Å². The van der Waals surface area contributed by atoms with Gasteiger partial charge >= 0.3 is 5.97 Å². The first kappa shape index (κ1) is 14.4. The summed E-state index contributed by atoms with van der Waals surface area (Å²) >= 11 is 0. The molecular formula is C12H23NO4. The summed E-state index contributed by atoms with van der Waals surface area (Å²) in [6.45, 7) is 5.57. The van der Waals surface area contributed by atoms with Crippen molar-refractivity contribution in [3.63, 3.8) is 0 Å². The molecule has 0 radical (unpaired) electrons. The molecule has 1 rings (SSSR count).